The molecule has 1 aromatic rings. The van der Waals surface area contributed by atoms with Crippen molar-refractivity contribution in [3.05, 3.63) is 35.4 Å². The Bertz CT molecular complexity index is 397. The van der Waals surface area contributed by atoms with Crippen molar-refractivity contribution in [2.24, 2.45) is 0 Å². The molecule has 2 atom stereocenters. The Morgan fingerprint density at radius 1 is 1.05 bits per heavy atom. The standard InChI is InChI=1S/C17H24BrF3/c1-3-4-5-6-7-15(18)12-16(17(19,20)21)14-10-8-13(2)9-11-14/h8-11,15-16H,3-7,12H2,1-2H3/t15-,16-/m0/s1. The molecule has 1 aromatic carbocycles. The van der Waals surface area contributed by atoms with Gasteiger partial charge in [-0.1, -0.05) is 78.4 Å². The number of alkyl halides is 4. The third kappa shape index (κ3) is 6.86. The summed E-state index contributed by atoms with van der Waals surface area (Å²) in [7, 11) is 0. The van der Waals surface area contributed by atoms with Crippen LogP contribution in [0.25, 0.3) is 0 Å². The first kappa shape index (κ1) is 18.5. The average molecular weight is 365 g/mol. The maximum atomic E-state index is 13.3. The van der Waals surface area contributed by atoms with Crippen molar-refractivity contribution < 1.29 is 13.2 Å². The molecule has 0 spiro atoms. The summed E-state index contributed by atoms with van der Waals surface area (Å²) in [6.07, 6.45) is 1.10. The van der Waals surface area contributed by atoms with Crippen molar-refractivity contribution in [3.63, 3.8) is 0 Å². The molecular weight excluding hydrogens is 341 g/mol. The van der Waals surface area contributed by atoms with Crippen LogP contribution >= 0.6 is 15.9 Å². The van der Waals surface area contributed by atoms with Crippen LogP contribution in [0.5, 0.6) is 0 Å². The van der Waals surface area contributed by atoms with Gasteiger partial charge in [0.15, 0.2) is 0 Å². The molecule has 21 heavy (non-hydrogen) atoms. The van der Waals surface area contributed by atoms with Crippen LogP contribution in [-0.2, 0) is 0 Å². The Hall–Kier alpha value is -0.510. The van der Waals surface area contributed by atoms with Gasteiger partial charge in [-0.05, 0) is 25.3 Å². The molecule has 0 N–H and O–H groups in total. The van der Waals surface area contributed by atoms with Crippen molar-refractivity contribution in [3.8, 4) is 0 Å². The second kappa shape index (κ2) is 8.82. The second-order valence-electron chi connectivity index (χ2n) is 5.69. The predicted octanol–water partition coefficient (Wildman–Crippen LogP) is 6.76. The molecule has 120 valence electrons. The van der Waals surface area contributed by atoms with E-state index in [1.807, 2.05) is 6.92 Å². The maximum Gasteiger partial charge on any atom is 0.395 e. The van der Waals surface area contributed by atoms with Gasteiger partial charge in [-0.2, -0.15) is 13.2 Å². The summed E-state index contributed by atoms with van der Waals surface area (Å²) in [5.74, 6) is -1.38. The number of rotatable bonds is 8. The molecule has 0 nitrogen and oxygen atoms in total. The molecule has 0 aliphatic carbocycles. The Balaban J connectivity index is 2.65. The fourth-order valence-corrected chi connectivity index (χ4v) is 3.12. The van der Waals surface area contributed by atoms with E-state index in [0.29, 0.717) is 5.56 Å². The van der Waals surface area contributed by atoms with Gasteiger partial charge in [-0.3, -0.25) is 0 Å². The van der Waals surface area contributed by atoms with Crippen LogP contribution in [0.3, 0.4) is 0 Å². The maximum absolute atomic E-state index is 13.3. The van der Waals surface area contributed by atoms with Crippen LogP contribution in [0.1, 0.15) is 62.5 Å². The van der Waals surface area contributed by atoms with Crippen LogP contribution < -0.4 is 0 Å². The largest absolute Gasteiger partial charge is 0.395 e. The zero-order chi connectivity index (χ0) is 15.9. The zero-order valence-electron chi connectivity index (χ0n) is 12.7. The lowest BCUT2D eigenvalue weighted by molar-refractivity contribution is -0.151. The lowest BCUT2D eigenvalue weighted by Crippen LogP contribution is -2.23. The van der Waals surface area contributed by atoms with Crippen molar-refractivity contribution in [2.45, 2.75) is 69.3 Å². The topological polar surface area (TPSA) is 0 Å². The molecule has 0 fully saturated rings. The molecule has 0 radical (unpaired) electrons. The fourth-order valence-electron chi connectivity index (χ4n) is 2.42. The molecule has 0 amide bonds. The predicted molar refractivity (Wildman–Crippen MR) is 86.1 cm³/mol. The van der Waals surface area contributed by atoms with E-state index in [0.717, 1.165) is 37.7 Å². The van der Waals surface area contributed by atoms with Crippen molar-refractivity contribution in [1.82, 2.24) is 0 Å². The summed E-state index contributed by atoms with van der Waals surface area (Å²) in [5, 5.41) is 0. The summed E-state index contributed by atoms with van der Waals surface area (Å²) in [5.41, 5.74) is 1.35. The Morgan fingerprint density at radius 3 is 2.19 bits per heavy atom. The van der Waals surface area contributed by atoms with Gasteiger partial charge < -0.3 is 0 Å². The Labute approximate surface area is 134 Å². The molecule has 0 aromatic heterocycles. The summed E-state index contributed by atoms with van der Waals surface area (Å²) < 4.78 is 39.9. The normalized spacial score (nSPS) is 15.0. The monoisotopic (exact) mass is 364 g/mol. The van der Waals surface area contributed by atoms with Crippen LogP contribution in [0.15, 0.2) is 24.3 Å². The second-order valence-corrected chi connectivity index (χ2v) is 6.98. The highest BCUT2D eigenvalue weighted by molar-refractivity contribution is 9.09. The van der Waals surface area contributed by atoms with Gasteiger partial charge in [-0.25, -0.2) is 0 Å². The number of halogens is 4. The summed E-state index contributed by atoms with van der Waals surface area (Å²) in [6.45, 7) is 4.01. The van der Waals surface area contributed by atoms with E-state index in [-0.39, 0.29) is 11.2 Å². The minimum absolute atomic E-state index is 0.0812. The van der Waals surface area contributed by atoms with Gasteiger partial charge in [0.2, 0.25) is 0 Å². The molecule has 1 rings (SSSR count). The van der Waals surface area contributed by atoms with E-state index < -0.39 is 12.1 Å². The van der Waals surface area contributed by atoms with Crippen LogP contribution in [-0.4, -0.2) is 11.0 Å². The minimum Gasteiger partial charge on any atom is -0.170 e. The average Bonchev–Trinajstić information content (AvgIpc) is 2.41. The number of unbranched alkanes of at least 4 members (excludes halogenated alkanes) is 3. The molecular formula is C17H24BrF3. The quantitative estimate of drug-likeness (QED) is 0.352. The van der Waals surface area contributed by atoms with E-state index >= 15 is 0 Å². The molecule has 0 saturated carbocycles. The lowest BCUT2D eigenvalue weighted by Gasteiger charge is -2.23. The van der Waals surface area contributed by atoms with Crippen LogP contribution in [0, 0.1) is 6.92 Å². The van der Waals surface area contributed by atoms with Gasteiger partial charge in [0.05, 0.1) is 5.92 Å². The smallest absolute Gasteiger partial charge is 0.170 e. The van der Waals surface area contributed by atoms with Gasteiger partial charge in [0.1, 0.15) is 0 Å². The highest BCUT2D eigenvalue weighted by Crippen LogP contribution is 2.40. The molecule has 0 saturated heterocycles. The number of hydrogen-bond donors (Lipinski definition) is 0. The van der Waals surface area contributed by atoms with Gasteiger partial charge in [-0.15, -0.1) is 0 Å². The van der Waals surface area contributed by atoms with Gasteiger partial charge >= 0.3 is 6.18 Å². The number of hydrogen-bond acceptors (Lipinski definition) is 0. The van der Waals surface area contributed by atoms with E-state index in [4.69, 9.17) is 0 Å². The van der Waals surface area contributed by atoms with Crippen molar-refractivity contribution in [2.75, 3.05) is 0 Å². The molecule has 0 aliphatic rings. The summed E-state index contributed by atoms with van der Waals surface area (Å²) in [6, 6.07) is 6.70. The van der Waals surface area contributed by atoms with Crippen molar-refractivity contribution >= 4 is 15.9 Å². The highest BCUT2D eigenvalue weighted by Gasteiger charge is 2.41. The molecule has 0 unspecified atom stereocenters. The first-order valence-electron chi connectivity index (χ1n) is 7.62. The van der Waals surface area contributed by atoms with Gasteiger partial charge in [0, 0.05) is 4.83 Å². The lowest BCUT2D eigenvalue weighted by atomic mass is 9.91. The SMILES string of the molecule is CCCCCC[C@H](Br)C[C@@H](c1ccc(C)cc1)C(F)(F)F. The van der Waals surface area contributed by atoms with Crippen molar-refractivity contribution in [1.29, 1.82) is 0 Å². The molecule has 0 bridgehead atoms. The molecule has 4 heteroatoms. The third-order valence-corrected chi connectivity index (χ3v) is 4.57. The van der Waals surface area contributed by atoms with E-state index in [9.17, 15) is 13.2 Å². The minimum atomic E-state index is -4.19. The van der Waals surface area contributed by atoms with E-state index in [1.54, 1.807) is 24.3 Å². The molecule has 0 heterocycles. The van der Waals surface area contributed by atoms with E-state index in [1.165, 1.54) is 0 Å². The van der Waals surface area contributed by atoms with Crippen LogP contribution in [0.4, 0.5) is 13.2 Å². The summed E-state index contributed by atoms with van der Waals surface area (Å²) >= 11 is 3.43. The van der Waals surface area contributed by atoms with E-state index in [2.05, 4.69) is 22.9 Å². The summed E-state index contributed by atoms with van der Waals surface area (Å²) in [4.78, 5) is -0.0812. The van der Waals surface area contributed by atoms with Gasteiger partial charge in [0.25, 0.3) is 0 Å². The first-order valence-corrected chi connectivity index (χ1v) is 8.53. The highest BCUT2D eigenvalue weighted by atomic mass is 79.9. The Morgan fingerprint density at radius 2 is 1.67 bits per heavy atom. The van der Waals surface area contributed by atoms with Crippen LogP contribution in [0.2, 0.25) is 0 Å². The number of benzene rings is 1. The Kier molecular flexibility index (Phi) is 7.78. The third-order valence-electron chi connectivity index (χ3n) is 3.74. The number of aryl methyl sites for hydroxylation is 1. The fraction of sp³-hybridized carbons (Fsp3) is 0.647. The zero-order valence-corrected chi connectivity index (χ0v) is 14.3. The molecule has 0 aliphatic heterocycles. The first-order chi connectivity index (χ1) is 9.84.